The third-order valence-corrected chi connectivity index (χ3v) is 7.83. The summed E-state index contributed by atoms with van der Waals surface area (Å²) in [5.74, 6) is 0. The van der Waals surface area contributed by atoms with Gasteiger partial charge in [0.25, 0.3) is 15.8 Å². The molecule has 0 radical (unpaired) electrons. The van der Waals surface area contributed by atoms with Gasteiger partial charge in [0, 0.05) is 58.1 Å². The van der Waals surface area contributed by atoms with Crippen molar-refractivity contribution >= 4 is 15.9 Å². The summed E-state index contributed by atoms with van der Waals surface area (Å²) in [5, 5.41) is 0. The van der Waals surface area contributed by atoms with E-state index in [0.29, 0.717) is 51.5 Å². The summed E-state index contributed by atoms with van der Waals surface area (Å²) in [5.41, 5.74) is 2.29. The van der Waals surface area contributed by atoms with Crippen LogP contribution < -0.4 is 5.56 Å². The molecule has 0 bridgehead atoms. The van der Waals surface area contributed by atoms with Gasteiger partial charge >= 0.3 is 0 Å². The Bertz CT molecular complexity index is 1020. The van der Waals surface area contributed by atoms with Crippen LogP contribution in [0.3, 0.4) is 0 Å². The van der Waals surface area contributed by atoms with Crippen molar-refractivity contribution in [2.24, 2.45) is 0 Å². The Balaban J connectivity index is 1.40. The molecule has 29 heavy (non-hydrogen) atoms. The van der Waals surface area contributed by atoms with E-state index in [9.17, 15) is 13.2 Å². The van der Waals surface area contributed by atoms with E-state index in [0.717, 1.165) is 36.9 Å². The molecule has 2 aliphatic rings. The van der Waals surface area contributed by atoms with Crippen LogP contribution in [0.2, 0.25) is 0 Å². The molecular formula is C20H29N5O3S. The van der Waals surface area contributed by atoms with Gasteiger partial charge in [-0.05, 0) is 31.4 Å². The molecule has 4 rings (SSSR count). The van der Waals surface area contributed by atoms with Gasteiger partial charge in [-0.2, -0.15) is 17.0 Å². The Labute approximate surface area is 171 Å². The molecule has 0 N–H and O–H groups in total. The lowest BCUT2D eigenvalue weighted by Crippen LogP contribution is -2.53. The Kier molecular flexibility index (Phi) is 6.00. The number of hydrogen-bond acceptors (Lipinski definition) is 5. The molecule has 8 nitrogen and oxygen atoms in total. The number of fused-ring (bicyclic) bond motifs is 1. The molecule has 0 unspecified atom stereocenters. The minimum Gasteiger partial charge on any atom is -0.295 e. The van der Waals surface area contributed by atoms with Crippen LogP contribution in [0, 0.1) is 6.92 Å². The second kappa shape index (κ2) is 8.51. The lowest BCUT2D eigenvalue weighted by molar-refractivity contribution is 0.173. The minimum atomic E-state index is -3.37. The summed E-state index contributed by atoms with van der Waals surface area (Å²) in [6, 6.07) is 5.37. The second-order valence-electron chi connectivity index (χ2n) is 8.02. The molecule has 2 aromatic heterocycles. The molecule has 0 aromatic carbocycles. The summed E-state index contributed by atoms with van der Waals surface area (Å²) in [6.07, 6.45) is 5.90. The molecule has 158 valence electrons. The van der Waals surface area contributed by atoms with Crippen molar-refractivity contribution < 1.29 is 8.42 Å². The highest BCUT2D eigenvalue weighted by molar-refractivity contribution is 7.86. The fraction of sp³-hybridized carbons (Fsp3) is 0.600. The Morgan fingerprint density at radius 3 is 2.28 bits per heavy atom. The first-order valence-electron chi connectivity index (χ1n) is 10.4. The van der Waals surface area contributed by atoms with Crippen LogP contribution in [0.15, 0.2) is 29.2 Å². The molecule has 2 fully saturated rings. The van der Waals surface area contributed by atoms with E-state index in [2.05, 4.69) is 9.88 Å². The summed E-state index contributed by atoms with van der Waals surface area (Å²) < 4.78 is 30.7. The van der Waals surface area contributed by atoms with Crippen LogP contribution in [-0.2, 0) is 16.8 Å². The van der Waals surface area contributed by atoms with Crippen molar-refractivity contribution in [3.8, 4) is 0 Å². The maximum atomic E-state index is 13.0. The Hall–Kier alpha value is -1.81. The molecule has 2 aromatic rings. The van der Waals surface area contributed by atoms with Crippen LogP contribution in [0.4, 0.5) is 0 Å². The summed E-state index contributed by atoms with van der Waals surface area (Å²) in [7, 11) is -3.37. The molecule has 2 saturated heterocycles. The highest BCUT2D eigenvalue weighted by Gasteiger charge is 2.32. The van der Waals surface area contributed by atoms with E-state index in [4.69, 9.17) is 0 Å². The first-order valence-corrected chi connectivity index (χ1v) is 11.8. The number of piperazine rings is 1. The number of hydrogen-bond donors (Lipinski definition) is 0. The van der Waals surface area contributed by atoms with E-state index in [1.165, 1.54) is 0 Å². The van der Waals surface area contributed by atoms with Gasteiger partial charge in [-0.3, -0.25) is 14.1 Å². The molecule has 0 atom stereocenters. The van der Waals surface area contributed by atoms with E-state index >= 15 is 0 Å². The second-order valence-corrected chi connectivity index (χ2v) is 9.95. The summed E-state index contributed by atoms with van der Waals surface area (Å²) >= 11 is 0. The monoisotopic (exact) mass is 419 g/mol. The maximum Gasteiger partial charge on any atom is 0.282 e. The first kappa shape index (κ1) is 20.5. The van der Waals surface area contributed by atoms with Crippen molar-refractivity contribution in [1.29, 1.82) is 0 Å². The molecule has 4 heterocycles. The van der Waals surface area contributed by atoms with Crippen molar-refractivity contribution in [1.82, 2.24) is 22.9 Å². The average molecular weight is 420 g/mol. The van der Waals surface area contributed by atoms with Crippen molar-refractivity contribution in [2.75, 3.05) is 39.3 Å². The van der Waals surface area contributed by atoms with Crippen molar-refractivity contribution in [2.45, 2.75) is 39.2 Å². The van der Waals surface area contributed by atoms with Crippen molar-refractivity contribution in [3.05, 3.63) is 46.0 Å². The van der Waals surface area contributed by atoms with Crippen LogP contribution >= 0.6 is 0 Å². The molecule has 0 amide bonds. The minimum absolute atomic E-state index is 0.0870. The van der Waals surface area contributed by atoms with Crippen LogP contribution in [0.1, 0.15) is 36.9 Å². The van der Waals surface area contributed by atoms with Gasteiger partial charge in [0.2, 0.25) is 0 Å². The number of aromatic nitrogens is 2. The predicted octanol–water partition coefficient (Wildman–Crippen LogP) is 1.24. The summed E-state index contributed by atoms with van der Waals surface area (Å²) in [6.45, 7) is 6.00. The van der Waals surface area contributed by atoms with Crippen LogP contribution in [-0.4, -0.2) is 70.6 Å². The number of pyridine rings is 1. The smallest absolute Gasteiger partial charge is 0.282 e. The summed E-state index contributed by atoms with van der Waals surface area (Å²) in [4.78, 5) is 19.2. The fourth-order valence-corrected chi connectivity index (χ4v) is 5.79. The van der Waals surface area contributed by atoms with Crippen molar-refractivity contribution in [3.63, 3.8) is 0 Å². The highest BCUT2D eigenvalue weighted by Crippen LogP contribution is 2.18. The lowest BCUT2D eigenvalue weighted by atomic mass is 10.2. The standard InChI is InChI=1S/C20H29N5O3S/c1-17-6-7-19-21-18(14-20(26)25(19)15-17)16-22-10-12-24(13-11-22)29(27,28)23-8-4-2-3-5-9-23/h6-7,14-15H,2-5,8-13,16H2,1H3. The Morgan fingerprint density at radius 2 is 1.59 bits per heavy atom. The molecule has 0 saturated carbocycles. The molecular weight excluding hydrogens is 390 g/mol. The SMILES string of the molecule is Cc1ccc2nc(CN3CCN(S(=O)(=O)N4CCCCCC4)CC3)cc(=O)n2c1. The van der Waals surface area contributed by atoms with Gasteiger partial charge in [0.1, 0.15) is 5.65 Å². The zero-order chi connectivity index (χ0) is 20.4. The quantitative estimate of drug-likeness (QED) is 0.745. The molecule has 0 spiro atoms. The van der Waals surface area contributed by atoms with Gasteiger partial charge in [0.15, 0.2) is 0 Å². The molecule has 9 heteroatoms. The normalized spacial score (nSPS) is 20.7. The first-order chi connectivity index (χ1) is 13.9. The maximum absolute atomic E-state index is 13.0. The largest absolute Gasteiger partial charge is 0.295 e. The van der Waals surface area contributed by atoms with Gasteiger partial charge in [0.05, 0.1) is 5.69 Å². The molecule has 2 aliphatic heterocycles. The van der Waals surface area contributed by atoms with Crippen LogP contribution in [0.25, 0.3) is 5.65 Å². The van der Waals surface area contributed by atoms with Gasteiger partial charge in [-0.25, -0.2) is 4.98 Å². The number of aryl methyl sites for hydroxylation is 1. The van der Waals surface area contributed by atoms with Crippen LogP contribution in [0.5, 0.6) is 0 Å². The molecule has 0 aliphatic carbocycles. The zero-order valence-corrected chi connectivity index (χ0v) is 17.8. The van der Waals surface area contributed by atoms with Gasteiger partial charge in [-0.1, -0.05) is 18.9 Å². The third kappa shape index (κ3) is 4.53. The van der Waals surface area contributed by atoms with E-state index in [1.807, 2.05) is 19.1 Å². The lowest BCUT2D eigenvalue weighted by Gasteiger charge is -2.36. The number of nitrogens with zero attached hydrogens (tertiary/aromatic N) is 5. The Morgan fingerprint density at radius 1 is 0.931 bits per heavy atom. The van der Waals surface area contributed by atoms with E-state index < -0.39 is 10.2 Å². The van der Waals surface area contributed by atoms with Gasteiger partial charge in [-0.15, -0.1) is 0 Å². The average Bonchev–Trinajstić information content (AvgIpc) is 2.99. The highest BCUT2D eigenvalue weighted by atomic mass is 32.2. The van der Waals surface area contributed by atoms with Gasteiger partial charge < -0.3 is 0 Å². The predicted molar refractivity (Wildman–Crippen MR) is 112 cm³/mol. The fourth-order valence-electron chi connectivity index (χ4n) is 4.12. The van der Waals surface area contributed by atoms with E-state index in [-0.39, 0.29) is 5.56 Å². The van der Waals surface area contributed by atoms with E-state index in [1.54, 1.807) is 25.3 Å². The topological polar surface area (TPSA) is 78.2 Å². The number of rotatable bonds is 4. The third-order valence-electron chi connectivity index (χ3n) is 5.79. The zero-order valence-electron chi connectivity index (χ0n) is 17.0.